The highest BCUT2D eigenvalue weighted by Crippen LogP contribution is 2.18. The van der Waals surface area contributed by atoms with Gasteiger partial charge in [0.1, 0.15) is 0 Å². The van der Waals surface area contributed by atoms with Crippen molar-refractivity contribution in [1.82, 2.24) is 5.32 Å². The molecule has 2 aromatic rings. The van der Waals surface area contributed by atoms with Gasteiger partial charge in [0.2, 0.25) is 0 Å². The Hall–Kier alpha value is -2.05. The summed E-state index contributed by atoms with van der Waals surface area (Å²) >= 11 is 5.77. The van der Waals surface area contributed by atoms with Crippen molar-refractivity contribution in [2.24, 2.45) is 0 Å². The summed E-state index contributed by atoms with van der Waals surface area (Å²) in [7, 11) is -3.71. The smallest absolute Gasteiger partial charge is 0.261 e. The first-order chi connectivity index (χ1) is 10.9. The third kappa shape index (κ3) is 4.71. The van der Waals surface area contributed by atoms with E-state index in [-0.39, 0.29) is 10.8 Å². The van der Waals surface area contributed by atoms with Crippen LogP contribution in [0.1, 0.15) is 23.7 Å². The Morgan fingerprint density at radius 1 is 1.04 bits per heavy atom. The highest BCUT2D eigenvalue weighted by Gasteiger charge is 2.15. The van der Waals surface area contributed by atoms with Crippen LogP contribution in [0.4, 0.5) is 5.69 Å². The van der Waals surface area contributed by atoms with Gasteiger partial charge >= 0.3 is 0 Å². The van der Waals surface area contributed by atoms with Crippen molar-refractivity contribution >= 4 is 33.2 Å². The molecule has 5 nitrogen and oxygen atoms in total. The molecule has 0 aliphatic heterocycles. The quantitative estimate of drug-likeness (QED) is 0.837. The summed E-state index contributed by atoms with van der Waals surface area (Å²) in [5.41, 5.74) is 0.836. The molecule has 0 saturated carbocycles. The monoisotopic (exact) mass is 352 g/mol. The number of halogens is 1. The van der Waals surface area contributed by atoms with Gasteiger partial charge in [-0.05, 0) is 55.0 Å². The number of carbonyl (C=O) groups is 1. The molecule has 23 heavy (non-hydrogen) atoms. The van der Waals surface area contributed by atoms with Gasteiger partial charge < -0.3 is 5.32 Å². The van der Waals surface area contributed by atoms with Crippen molar-refractivity contribution in [3.63, 3.8) is 0 Å². The van der Waals surface area contributed by atoms with E-state index in [1.54, 1.807) is 24.3 Å². The van der Waals surface area contributed by atoms with E-state index in [1.165, 1.54) is 24.3 Å². The van der Waals surface area contributed by atoms with Crippen LogP contribution in [0.2, 0.25) is 5.02 Å². The molecule has 2 N–H and O–H groups in total. The Morgan fingerprint density at radius 2 is 1.65 bits per heavy atom. The van der Waals surface area contributed by atoms with E-state index in [4.69, 9.17) is 11.6 Å². The van der Waals surface area contributed by atoms with Crippen LogP contribution in [0.25, 0.3) is 0 Å². The van der Waals surface area contributed by atoms with E-state index in [0.29, 0.717) is 22.8 Å². The van der Waals surface area contributed by atoms with Gasteiger partial charge in [-0.15, -0.1) is 0 Å². The Balaban J connectivity index is 2.14. The van der Waals surface area contributed by atoms with Gasteiger partial charge in [0.25, 0.3) is 15.9 Å². The molecule has 7 heteroatoms. The van der Waals surface area contributed by atoms with Crippen molar-refractivity contribution < 1.29 is 13.2 Å². The summed E-state index contributed by atoms with van der Waals surface area (Å²) in [6.07, 6.45) is 0.837. The van der Waals surface area contributed by atoms with Gasteiger partial charge in [-0.2, -0.15) is 0 Å². The first-order valence-corrected chi connectivity index (χ1v) is 8.95. The fraction of sp³-hybridized carbons (Fsp3) is 0.188. The topological polar surface area (TPSA) is 75.3 Å². The number of amides is 1. The van der Waals surface area contributed by atoms with Gasteiger partial charge in [0.05, 0.1) is 4.90 Å². The normalized spacial score (nSPS) is 11.0. The van der Waals surface area contributed by atoms with Crippen LogP contribution < -0.4 is 10.0 Å². The molecule has 1 amide bonds. The van der Waals surface area contributed by atoms with Crippen LogP contribution in [-0.2, 0) is 10.0 Å². The number of hydrogen-bond acceptors (Lipinski definition) is 3. The SMILES string of the molecule is CCCNC(=O)c1ccc(S(=O)(=O)Nc2ccc(Cl)cc2)cc1. The summed E-state index contributed by atoms with van der Waals surface area (Å²) in [6, 6.07) is 12.1. The largest absolute Gasteiger partial charge is 0.352 e. The molecule has 0 saturated heterocycles. The molecule has 0 aliphatic carbocycles. The zero-order valence-electron chi connectivity index (χ0n) is 12.5. The van der Waals surface area contributed by atoms with Crippen LogP contribution in [-0.4, -0.2) is 20.9 Å². The van der Waals surface area contributed by atoms with Crippen molar-refractivity contribution in [2.45, 2.75) is 18.2 Å². The maximum absolute atomic E-state index is 12.3. The van der Waals surface area contributed by atoms with Crippen molar-refractivity contribution in [3.05, 3.63) is 59.1 Å². The lowest BCUT2D eigenvalue weighted by Gasteiger charge is -2.09. The number of sulfonamides is 1. The van der Waals surface area contributed by atoms with Crippen LogP contribution in [0.15, 0.2) is 53.4 Å². The van der Waals surface area contributed by atoms with Crippen LogP contribution in [0.5, 0.6) is 0 Å². The number of nitrogens with one attached hydrogen (secondary N) is 2. The highest BCUT2D eigenvalue weighted by atomic mass is 35.5. The second-order valence-corrected chi connectivity index (χ2v) is 7.01. The minimum Gasteiger partial charge on any atom is -0.352 e. The fourth-order valence-electron chi connectivity index (χ4n) is 1.86. The number of rotatable bonds is 6. The summed E-state index contributed by atoms with van der Waals surface area (Å²) in [4.78, 5) is 11.9. The van der Waals surface area contributed by atoms with E-state index in [2.05, 4.69) is 10.0 Å². The second kappa shape index (κ2) is 7.48. The van der Waals surface area contributed by atoms with E-state index in [9.17, 15) is 13.2 Å². The third-order valence-corrected chi connectivity index (χ3v) is 4.71. The third-order valence-electron chi connectivity index (χ3n) is 3.06. The molecule has 0 heterocycles. The minimum atomic E-state index is -3.71. The highest BCUT2D eigenvalue weighted by molar-refractivity contribution is 7.92. The predicted molar refractivity (Wildman–Crippen MR) is 91.3 cm³/mol. The molecule has 0 aromatic heterocycles. The maximum Gasteiger partial charge on any atom is 0.261 e. The molecule has 0 unspecified atom stereocenters. The van der Waals surface area contributed by atoms with Crippen molar-refractivity contribution in [1.29, 1.82) is 0 Å². The average molecular weight is 353 g/mol. The molecule has 0 bridgehead atoms. The summed E-state index contributed by atoms with van der Waals surface area (Å²) in [5.74, 6) is -0.221. The fourth-order valence-corrected chi connectivity index (χ4v) is 3.04. The molecule has 2 aromatic carbocycles. The lowest BCUT2D eigenvalue weighted by Crippen LogP contribution is -2.24. The zero-order chi connectivity index (χ0) is 16.9. The van der Waals surface area contributed by atoms with Crippen molar-refractivity contribution in [2.75, 3.05) is 11.3 Å². The second-order valence-electron chi connectivity index (χ2n) is 4.89. The number of benzene rings is 2. The summed E-state index contributed by atoms with van der Waals surface area (Å²) in [5, 5.41) is 3.26. The van der Waals surface area contributed by atoms with E-state index in [1.807, 2.05) is 6.92 Å². The molecule has 0 atom stereocenters. The molecule has 0 aliphatic rings. The first kappa shape index (κ1) is 17.3. The van der Waals surface area contributed by atoms with Gasteiger partial charge in [0, 0.05) is 22.8 Å². The zero-order valence-corrected chi connectivity index (χ0v) is 14.1. The van der Waals surface area contributed by atoms with E-state index < -0.39 is 10.0 Å². The average Bonchev–Trinajstić information content (AvgIpc) is 2.54. The first-order valence-electron chi connectivity index (χ1n) is 7.09. The summed E-state index contributed by atoms with van der Waals surface area (Å²) in [6.45, 7) is 2.54. The van der Waals surface area contributed by atoms with Crippen LogP contribution in [0, 0.1) is 0 Å². The molecule has 122 valence electrons. The number of carbonyl (C=O) groups excluding carboxylic acids is 1. The lowest BCUT2D eigenvalue weighted by atomic mass is 10.2. The maximum atomic E-state index is 12.3. The van der Waals surface area contributed by atoms with E-state index >= 15 is 0 Å². The molecule has 0 fully saturated rings. The Kier molecular flexibility index (Phi) is 5.63. The molecule has 0 spiro atoms. The van der Waals surface area contributed by atoms with E-state index in [0.717, 1.165) is 6.42 Å². The molecule has 0 radical (unpaired) electrons. The van der Waals surface area contributed by atoms with Gasteiger partial charge in [-0.25, -0.2) is 8.42 Å². The summed E-state index contributed by atoms with van der Waals surface area (Å²) < 4.78 is 27.0. The Morgan fingerprint density at radius 3 is 2.22 bits per heavy atom. The molecule has 2 rings (SSSR count). The molecular weight excluding hydrogens is 336 g/mol. The van der Waals surface area contributed by atoms with Gasteiger partial charge in [-0.3, -0.25) is 9.52 Å². The van der Waals surface area contributed by atoms with Gasteiger partial charge in [0.15, 0.2) is 0 Å². The number of anilines is 1. The molecular formula is C16H17ClN2O3S. The Bertz CT molecular complexity index is 772. The Labute approximate surface area is 140 Å². The lowest BCUT2D eigenvalue weighted by molar-refractivity contribution is 0.0953. The number of hydrogen-bond donors (Lipinski definition) is 2. The predicted octanol–water partition coefficient (Wildman–Crippen LogP) is 3.28. The van der Waals surface area contributed by atoms with Crippen molar-refractivity contribution in [3.8, 4) is 0 Å². The standard InChI is InChI=1S/C16H17ClN2O3S/c1-2-11-18-16(20)12-3-9-15(10-4-12)23(21,22)19-14-7-5-13(17)6-8-14/h3-10,19H,2,11H2,1H3,(H,18,20). The van der Waals surface area contributed by atoms with Crippen LogP contribution >= 0.6 is 11.6 Å². The van der Waals surface area contributed by atoms with Crippen LogP contribution in [0.3, 0.4) is 0 Å². The minimum absolute atomic E-state index is 0.0829. The van der Waals surface area contributed by atoms with Gasteiger partial charge in [-0.1, -0.05) is 18.5 Å².